The number of nitrogens with one attached hydrogen (secondary N) is 1. The van der Waals surface area contributed by atoms with Crippen LogP contribution in [0.3, 0.4) is 0 Å². The van der Waals surface area contributed by atoms with Crippen LogP contribution in [-0.4, -0.2) is 18.8 Å². The molecule has 1 aromatic rings. The minimum absolute atomic E-state index is 0.177. The van der Waals surface area contributed by atoms with Gasteiger partial charge in [0.2, 0.25) is 0 Å². The number of halogens is 1. The van der Waals surface area contributed by atoms with Crippen molar-refractivity contribution >= 4 is 23.4 Å². The van der Waals surface area contributed by atoms with Crippen LogP contribution in [0.2, 0.25) is 0 Å². The summed E-state index contributed by atoms with van der Waals surface area (Å²) in [5.74, 6) is -1.07. The van der Waals surface area contributed by atoms with Gasteiger partial charge in [-0.3, -0.25) is 0 Å². The molecule has 19 heavy (non-hydrogen) atoms. The van der Waals surface area contributed by atoms with Crippen LogP contribution < -0.4 is 0 Å². The molecule has 0 saturated carbocycles. The van der Waals surface area contributed by atoms with Gasteiger partial charge in [0.05, 0.1) is 12.7 Å². The van der Waals surface area contributed by atoms with Crippen molar-refractivity contribution in [3.63, 3.8) is 0 Å². The van der Waals surface area contributed by atoms with Crippen molar-refractivity contribution < 1.29 is 13.9 Å². The van der Waals surface area contributed by atoms with Gasteiger partial charge in [0.15, 0.2) is 0 Å². The van der Waals surface area contributed by atoms with E-state index >= 15 is 0 Å². The fourth-order valence-electron chi connectivity index (χ4n) is 1.45. The lowest BCUT2D eigenvalue weighted by Gasteiger charge is -2.10. The summed E-state index contributed by atoms with van der Waals surface area (Å²) in [5, 5.41) is 7.83. The molecule has 0 aliphatic heterocycles. The molecule has 5 heteroatoms. The highest BCUT2D eigenvalue weighted by atomic mass is 32.2. The van der Waals surface area contributed by atoms with E-state index in [1.54, 1.807) is 6.08 Å². The summed E-state index contributed by atoms with van der Waals surface area (Å²) in [7, 11) is 1.26. The SMILES string of the molecule is CC=C(Sc1ccc(F)cc1C(=O)OC)C(=N)CC. The first-order valence-electron chi connectivity index (χ1n) is 5.83. The van der Waals surface area contributed by atoms with Gasteiger partial charge in [-0.15, -0.1) is 0 Å². The van der Waals surface area contributed by atoms with Crippen LogP contribution in [0.15, 0.2) is 34.1 Å². The average molecular weight is 281 g/mol. The maximum Gasteiger partial charge on any atom is 0.339 e. The average Bonchev–Trinajstić information content (AvgIpc) is 2.44. The first-order valence-corrected chi connectivity index (χ1v) is 6.64. The number of allylic oxidation sites excluding steroid dienone is 2. The number of hydrogen-bond donors (Lipinski definition) is 1. The van der Waals surface area contributed by atoms with Crippen molar-refractivity contribution in [3.8, 4) is 0 Å². The molecule has 0 fully saturated rings. The van der Waals surface area contributed by atoms with Crippen LogP contribution in [0.25, 0.3) is 0 Å². The fourth-order valence-corrected chi connectivity index (χ4v) is 2.46. The fraction of sp³-hybridized carbons (Fsp3) is 0.286. The van der Waals surface area contributed by atoms with E-state index in [-0.39, 0.29) is 5.56 Å². The maximum absolute atomic E-state index is 13.2. The molecule has 0 amide bonds. The van der Waals surface area contributed by atoms with Crippen LogP contribution in [0.5, 0.6) is 0 Å². The highest BCUT2D eigenvalue weighted by Crippen LogP contribution is 2.31. The Labute approximate surface area is 116 Å². The van der Waals surface area contributed by atoms with Crippen molar-refractivity contribution in [1.29, 1.82) is 5.41 Å². The summed E-state index contributed by atoms with van der Waals surface area (Å²) in [5.41, 5.74) is 0.656. The van der Waals surface area contributed by atoms with Crippen LogP contribution in [0.4, 0.5) is 4.39 Å². The molecule has 1 aromatic carbocycles. The third-order valence-corrected chi connectivity index (χ3v) is 3.76. The third kappa shape index (κ3) is 3.92. The zero-order valence-corrected chi connectivity index (χ0v) is 11.9. The molecule has 3 nitrogen and oxygen atoms in total. The molecule has 0 aromatic heterocycles. The summed E-state index contributed by atoms with van der Waals surface area (Å²) >= 11 is 1.27. The molecule has 0 heterocycles. The molecule has 102 valence electrons. The van der Waals surface area contributed by atoms with E-state index in [9.17, 15) is 9.18 Å². The van der Waals surface area contributed by atoms with Crippen molar-refractivity contribution in [2.75, 3.05) is 7.11 Å². The Morgan fingerprint density at radius 3 is 2.74 bits per heavy atom. The number of methoxy groups -OCH3 is 1. The van der Waals surface area contributed by atoms with Crippen molar-refractivity contribution in [3.05, 3.63) is 40.6 Å². The highest BCUT2D eigenvalue weighted by molar-refractivity contribution is 8.04. The van der Waals surface area contributed by atoms with Gasteiger partial charge in [-0.25, -0.2) is 9.18 Å². The van der Waals surface area contributed by atoms with Gasteiger partial charge in [0, 0.05) is 15.5 Å². The number of esters is 1. The Balaban J connectivity index is 3.13. The number of carbonyl (C=O) groups is 1. The van der Waals surface area contributed by atoms with E-state index in [0.717, 1.165) is 11.0 Å². The summed E-state index contributed by atoms with van der Waals surface area (Å²) in [4.78, 5) is 13.0. The lowest BCUT2D eigenvalue weighted by Crippen LogP contribution is -2.05. The van der Waals surface area contributed by atoms with E-state index in [2.05, 4.69) is 4.74 Å². The summed E-state index contributed by atoms with van der Waals surface area (Å²) in [6, 6.07) is 3.97. The predicted octanol–water partition coefficient (Wildman–Crippen LogP) is 4.04. The zero-order chi connectivity index (χ0) is 14.4. The number of hydrogen-bond acceptors (Lipinski definition) is 4. The highest BCUT2D eigenvalue weighted by Gasteiger charge is 2.15. The van der Waals surface area contributed by atoms with Crippen molar-refractivity contribution in [2.45, 2.75) is 25.2 Å². The Hall–Kier alpha value is -1.62. The standard InChI is InChI=1S/C14H16FNO2S/c1-4-11(16)12(5-2)19-13-7-6-9(15)8-10(13)14(17)18-3/h5-8,16H,4H2,1-3H3. The minimum Gasteiger partial charge on any atom is -0.465 e. The lowest BCUT2D eigenvalue weighted by atomic mass is 10.2. The van der Waals surface area contributed by atoms with E-state index in [4.69, 9.17) is 5.41 Å². The molecule has 1 N–H and O–H groups in total. The van der Waals surface area contributed by atoms with E-state index in [1.807, 2.05) is 13.8 Å². The smallest absolute Gasteiger partial charge is 0.339 e. The largest absolute Gasteiger partial charge is 0.465 e. The molecule has 0 bridgehead atoms. The van der Waals surface area contributed by atoms with Gasteiger partial charge >= 0.3 is 5.97 Å². The molecule has 0 unspecified atom stereocenters. The summed E-state index contributed by atoms with van der Waals surface area (Å²) in [6.07, 6.45) is 2.41. The van der Waals surface area contributed by atoms with Gasteiger partial charge in [-0.05, 0) is 31.5 Å². The molecule has 0 spiro atoms. The number of ether oxygens (including phenoxy) is 1. The molecule has 1 rings (SSSR count). The Morgan fingerprint density at radius 1 is 1.53 bits per heavy atom. The number of rotatable bonds is 5. The van der Waals surface area contributed by atoms with E-state index in [1.165, 1.54) is 31.0 Å². The minimum atomic E-state index is -0.583. The lowest BCUT2D eigenvalue weighted by molar-refractivity contribution is 0.0596. The third-order valence-electron chi connectivity index (χ3n) is 2.48. The molecule has 0 atom stereocenters. The van der Waals surface area contributed by atoms with Gasteiger partial charge in [0.1, 0.15) is 5.82 Å². The number of benzene rings is 1. The molecular formula is C14H16FNO2S. The van der Waals surface area contributed by atoms with Crippen molar-refractivity contribution in [2.24, 2.45) is 0 Å². The van der Waals surface area contributed by atoms with E-state index in [0.29, 0.717) is 17.0 Å². The molecule has 0 aliphatic rings. The van der Waals surface area contributed by atoms with E-state index < -0.39 is 11.8 Å². The topological polar surface area (TPSA) is 50.2 Å². The monoisotopic (exact) mass is 281 g/mol. The summed E-state index contributed by atoms with van der Waals surface area (Å²) in [6.45, 7) is 3.71. The second-order valence-corrected chi connectivity index (χ2v) is 4.80. The predicted molar refractivity (Wildman–Crippen MR) is 75.4 cm³/mol. The summed E-state index contributed by atoms with van der Waals surface area (Å²) < 4.78 is 17.9. The number of thioether (sulfide) groups is 1. The second-order valence-electron chi connectivity index (χ2n) is 3.72. The molecular weight excluding hydrogens is 265 g/mol. The van der Waals surface area contributed by atoms with Crippen LogP contribution in [0.1, 0.15) is 30.6 Å². The quantitative estimate of drug-likeness (QED) is 0.503. The van der Waals surface area contributed by atoms with Crippen LogP contribution in [-0.2, 0) is 4.74 Å². The van der Waals surface area contributed by atoms with Crippen LogP contribution >= 0.6 is 11.8 Å². The second kappa shape index (κ2) is 7.09. The molecule has 0 aliphatic carbocycles. The Morgan fingerprint density at radius 2 is 2.21 bits per heavy atom. The van der Waals surface area contributed by atoms with Gasteiger partial charge < -0.3 is 10.1 Å². The van der Waals surface area contributed by atoms with Crippen molar-refractivity contribution in [1.82, 2.24) is 0 Å². The number of carbonyl (C=O) groups excluding carboxylic acids is 1. The van der Waals surface area contributed by atoms with Gasteiger partial charge in [-0.2, -0.15) is 0 Å². The first-order chi connectivity index (χ1) is 9.03. The molecule has 0 saturated heterocycles. The van der Waals surface area contributed by atoms with Crippen LogP contribution in [0, 0.1) is 11.2 Å². The Bertz CT molecular complexity index is 526. The zero-order valence-electron chi connectivity index (χ0n) is 11.1. The van der Waals surface area contributed by atoms with Gasteiger partial charge in [-0.1, -0.05) is 24.8 Å². The Kier molecular flexibility index (Phi) is 5.76. The van der Waals surface area contributed by atoms with Gasteiger partial charge in [0.25, 0.3) is 0 Å². The first kappa shape index (κ1) is 15.4. The maximum atomic E-state index is 13.2. The molecule has 0 radical (unpaired) electrons. The normalized spacial score (nSPS) is 11.3.